The molecule has 8 heteroatoms. The predicted molar refractivity (Wildman–Crippen MR) is 71.4 cm³/mol. The summed E-state index contributed by atoms with van der Waals surface area (Å²) in [7, 11) is 0. The van der Waals surface area contributed by atoms with E-state index in [2.05, 4.69) is 14.9 Å². The molecule has 2 aromatic rings. The number of nitrogens with one attached hydrogen (secondary N) is 1. The summed E-state index contributed by atoms with van der Waals surface area (Å²) in [6.45, 7) is 1.86. The van der Waals surface area contributed by atoms with Gasteiger partial charge in [0.25, 0.3) is 5.91 Å². The van der Waals surface area contributed by atoms with Crippen LogP contribution in [0.4, 0.5) is 0 Å². The van der Waals surface area contributed by atoms with Crippen LogP contribution in [0.15, 0.2) is 17.5 Å². The van der Waals surface area contributed by atoms with Crippen LogP contribution in [-0.2, 0) is 11.2 Å². The molecule has 0 fully saturated rings. The van der Waals surface area contributed by atoms with Gasteiger partial charge >= 0.3 is 5.97 Å². The van der Waals surface area contributed by atoms with E-state index >= 15 is 0 Å². The van der Waals surface area contributed by atoms with Crippen LogP contribution in [0.1, 0.15) is 33.2 Å². The number of aliphatic carboxylic acids is 1. The number of thiophene rings is 1. The van der Waals surface area contributed by atoms with Crippen molar-refractivity contribution in [3.63, 3.8) is 0 Å². The summed E-state index contributed by atoms with van der Waals surface area (Å²) in [6.07, 6.45) is 0.579. The average molecular weight is 297 g/mol. The van der Waals surface area contributed by atoms with Gasteiger partial charge in [0.2, 0.25) is 0 Å². The van der Waals surface area contributed by atoms with Crippen LogP contribution in [0.25, 0.3) is 0 Å². The fraction of sp³-hybridized carbons (Fsp3) is 0.273. The fourth-order valence-electron chi connectivity index (χ4n) is 1.52. The number of amides is 1. The van der Waals surface area contributed by atoms with Gasteiger partial charge < -0.3 is 10.4 Å². The molecule has 1 amide bonds. The Bertz CT molecular complexity index is 580. The van der Waals surface area contributed by atoms with Crippen LogP contribution < -0.4 is 5.32 Å². The highest BCUT2D eigenvalue weighted by Crippen LogP contribution is 2.20. The third-order valence-corrected chi connectivity index (χ3v) is 4.15. The van der Waals surface area contributed by atoms with Gasteiger partial charge in [-0.2, -0.15) is 0 Å². The Morgan fingerprint density at radius 1 is 1.53 bits per heavy atom. The lowest BCUT2D eigenvalue weighted by atomic mass is 10.2. The number of hydrogen-bond acceptors (Lipinski definition) is 6. The third-order valence-electron chi connectivity index (χ3n) is 2.45. The van der Waals surface area contributed by atoms with E-state index < -0.39 is 17.9 Å². The minimum absolute atomic E-state index is 0.366. The molecule has 0 spiro atoms. The van der Waals surface area contributed by atoms with Gasteiger partial charge in [0.1, 0.15) is 4.88 Å². The van der Waals surface area contributed by atoms with Gasteiger partial charge in [-0.05, 0) is 29.4 Å². The van der Waals surface area contributed by atoms with Crippen molar-refractivity contribution in [3.8, 4) is 0 Å². The largest absolute Gasteiger partial charge is 0.479 e. The van der Waals surface area contributed by atoms with Crippen molar-refractivity contribution in [3.05, 3.63) is 33.0 Å². The second-order valence-corrected chi connectivity index (χ2v) is 5.40. The van der Waals surface area contributed by atoms with E-state index in [-0.39, 0.29) is 0 Å². The molecule has 0 saturated carbocycles. The number of hydrogen-bond donors (Lipinski definition) is 2. The van der Waals surface area contributed by atoms with Crippen LogP contribution >= 0.6 is 22.9 Å². The number of carboxylic acid groups (broad SMARTS) is 1. The molecule has 0 aliphatic rings. The highest BCUT2D eigenvalue weighted by atomic mass is 32.1. The van der Waals surface area contributed by atoms with Crippen molar-refractivity contribution >= 4 is 34.7 Å². The Kier molecular flexibility index (Phi) is 4.23. The van der Waals surface area contributed by atoms with E-state index in [0.717, 1.165) is 11.5 Å². The molecule has 2 aromatic heterocycles. The number of nitrogens with zero attached hydrogens (tertiary/aromatic N) is 2. The second kappa shape index (κ2) is 5.89. The lowest BCUT2D eigenvalue weighted by Gasteiger charge is -2.12. The van der Waals surface area contributed by atoms with Crippen LogP contribution in [0.3, 0.4) is 0 Å². The van der Waals surface area contributed by atoms with Gasteiger partial charge in [0.05, 0.1) is 5.69 Å². The molecule has 100 valence electrons. The third kappa shape index (κ3) is 2.96. The van der Waals surface area contributed by atoms with Crippen LogP contribution in [-0.4, -0.2) is 26.6 Å². The summed E-state index contributed by atoms with van der Waals surface area (Å²) < 4.78 is 3.71. The van der Waals surface area contributed by atoms with Crippen molar-refractivity contribution in [2.45, 2.75) is 19.4 Å². The highest BCUT2D eigenvalue weighted by Gasteiger charge is 2.25. The summed E-state index contributed by atoms with van der Waals surface area (Å²) in [4.78, 5) is 24.2. The first-order valence-electron chi connectivity index (χ1n) is 5.51. The number of aromatic nitrogens is 2. The topological polar surface area (TPSA) is 92.2 Å². The number of rotatable bonds is 5. The van der Waals surface area contributed by atoms with E-state index in [1.807, 2.05) is 6.92 Å². The quantitative estimate of drug-likeness (QED) is 0.876. The smallest absolute Gasteiger partial charge is 0.331 e. The van der Waals surface area contributed by atoms with Gasteiger partial charge in [-0.1, -0.05) is 17.5 Å². The second-order valence-electron chi connectivity index (χ2n) is 3.66. The Morgan fingerprint density at radius 2 is 2.32 bits per heavy atom. The van der Waals surface area contributed by atoms with Crippen molar-refractivity contribution in [2.24, 2.45) is 0 Å². The minimum atomic E-state index is -1.09. The standard InChI is InChI=1S/C11H11N3O3S2/c1-2-6-9(19-14-13-6)10(15)12-8(11(16)17)7-4-3-5-18-7/h3-5,8H,2H2,1H3,(H,12,15)(H,16,17). The summed E-state index contributed by atoms with van der Waals surface area (Å²) in [6, 6.07) is 2.38. The normalized spacial score (nSPS) is 12.1. The predicted octanol–water partition coefficient (Wildman–Crippen LogP) is 1.72. The lowest BCUT2D eigenvalue weighted by molar-refractivity contribution is -0.139. The molecule has 0 saturated heterocycles. The van der Waals surface area contributed by atoms with Crippen LogP contribution in [0.2, 0.25) is 0 Å². The minimum Gasteiger partial charge on any atom is -0.479 e. The first-order chi connectivity index (χ1) is 9.13. The summed E-state index contributed by atoms with van der Waals surface area (Å²) in [5, 5.41) is 17.3. The fourth-order valence-corrected chi connectivity index (χ4v) is 2.94. The van der Waals surface area contributed by atoms with Gasteiger partial charge in [0.15, 0.2) is 6.04 Å². The van der Waals surface area contributed by atoms with Crippen LogP contribution in [0.5, 0.6) is 0 Å². The zero-order valence-corrected chi connectivity index (χ0v) is 11.6. The van der Waals surface area contributed by atoms with Crippen molar-refractivity contribution in [1.82, 2.24) is 14.9 Å². The SMILES string of the molecule is CCc1nnsc1C(=O)NC(C(=O)O)c1cccs1. The zero-order chi connectivity index (χ0) is 13.8. The van der Waals surface area contributed by atoms with E-state index in [0.29, 0.717) is 21.9 Å². The molecule has 2 rings (SSSR count). The Labute approximate surface area is 117 Å². The Balaban J connectivity index is 2.19. The molecule has 2 heterocycles. The molecule has 0 aliphatic carbocycles. The first kappa shape index (κ1) is 13.6. The molecule has 0 bridgehead atoms. The van der Waals surface area contributed by atoms with Gasteiger partial charge in [0, 0.05) is 4.88 Å². The maximum atomic E-state index is 12.1. The van der Waals surface area contributed by atoms with Gasteiger partial charge in [-0.25, -0.2) is 4.79 Å². The maximum absolute atomic E-state index is 12.1. The summed E-state index contributed by atoms with van der Waals surface area (Å²) in [5.41, 5.74) is 0.581. The van der Waals surface area contributed by atoms with E-state index in [4.69, 9.17) is 0 Å². The summed E-state index contributed by atoms with van der Waals surface area (Å²) in [5.74, 6) is -1.54. The Hall–Kier alpha value is -1.80. The number of aryl methyl sites for hydroxylation is 1. The summed E-state index contributed by atoms with van der Waals surface area (Å²) >= 11 is 2.26. The van der Waals surface area contributed by atoms with Crippen molar-refractivity contribution < 1.29 is 14.7 Å². The maximum Gasteiger partial charge on any atom is 0.331 e. The lowest BCUT2D eigenvalue weighted by Crippen LogP contribution is -2.33. The molecule has 0 radical (unpaired) electrons. The van der Waals surface area contributed by atoms with E-state index in [1.54, 1.807) is 17.5 Å². The average Bonchev–Trinajstić information content (AvgIpc) is 3.05. The van der Waals surface area contributed by atoms with E-state index in [1.165, 1.54) is 11.3 Å². The monoisotopic (exact) mass is 297 g/mol. The molecule has 1 unspecified atom stereocenters. The molecular formula is C11H11N3O3S2. The highest BCUT2D eigenvalue weighted by molar-refractivity contribution is 7.10. The Morgan fingerprint density at radius 3 is 2.89 bits per heavy atom. The van der Waals surface area contributed by atoms with Gasteiger partial charge in [-0.15, -0.1) is 16.4 Å². The molecule has 2 N–H and O–H groups in total. The zero-order valence-electron chi connectivity index (χ0n) is 9.99. The van der Waals surface area contributed by atoms with Crippen LogP contribution in [0, 0.1) is 0 Å². The molecule has 0 aliphatic heterocycles. The number of carbonyl (C=O) groups is 2. The van der Waals surface area contributed by atoms with Crippen molar-refractivity contribution in [2.75, 3.05) is 0 Å². The molecule has 19 heavy (non-hydrogen) atoms. The first-order valence-corrected chi connectivity index (χ1v) is 7.17. The molecule has 6 nitrogen and oxygen atoms in total. The number of carbonyl (C=O) groups excluding carboxylic acids is 1. The molecular weight excluding hydrogens is 286 g/mol. The number of carboxylic acids is 1. The molecule has 1 atom stereocenters. The van der Waals surface area contributed by atoms with E-state index in [9.17, 15) is 14.7 Å². The van der Waals surface area contributed by atoms with Crippen molar-refractivity contribution in [1.29, 1.82) is 0 Å². The molecule has 0 aromatic carbocycles. The van der Waals surface area contributed by atoms with Gasteiger partial charge in [-0.3, -0.25) is 4.79 Å².